The van der Waals surface area contributed by atoms with Crippen molar-refractivity contribution in [3.05, 3.63) is 242 Å². The average molecular weight is 822 g/mol. The summed E-state index contributed by atoms with van der Waals surface area (Å²) >= 11 is 0. The number of nitrogens with zero attached hydrogens (tertiary/aromatic N) is 3. The fourth-order valence-corrected chi connectivity index (χ4v) is 9.98. The molecule has 0 saturated carbocycles. The Hall–Kier alpha value is -8.34. The highest BCUT2D eigenvalue weighted by Gasteiger charge is 2.43. The molecule has 0 amide bonds. The zero-order valence-electron chi connectivity index (χ0n) is 42.4. The minimum Gasteiger partial charge on any atom is -0.311 e. The quantitative estimate of drug-likeness (QED) is 0.155. The van der Waals surface area contributed by atoms with Crippen molar-refractivity contribution in [3.8, 4) is 39.1 Å². The second kappa shape index (κ2) is 14.6. The molecule has 0 fully saturated rings. The van der Waals surface area contributed by atoms with E-state index in [-0.39, 0.29) is 52.7 Å². The standard InChI is InChI=1S/C60H40BN3/c1-4-15-41(16-5-1)44-27-32-47(33-28-44)62-56-38-31-46(43-19-8-3-9-20-43)39-53(56)61-52-37-36-49(64-54-23-12-10-21-50(54)51-22-11-13-24-55(51)64)40-59(52)63(58-26-14-25-57(62)60(58)61)48-34-29-45(30-35-48)42-17-6-2-7-18-42/h1-40H/i10D,11D,12D,13D,21D,22D,23D,24D. The minimum absolute atomic E-state index is 0.0376. The van der Waals surface area contributed by atoms with Crippen molar-refractivity contribution < 1.29 is 11.0 Å². The Morgan fingerprint density at radius 2 is 0.781 bits per heavy atom. The molecule has 2 aliphatic rings. The molecule has 1 aromatic heterocycles. The van der Waals surface area contributed by atoms with Crippen LogP contribution < -0.4 is 26.2 Å². The van der Waals surface area contributed by atoms with E-state index < -0.39 is 24.2 Å². The van der Waals surface area contributed by atoms with Crippen LogP contribution in [0, 0.1) is 0 Å². The third kappa shape index (κ3) is 5.70. The third-order valence-electron chi connectivity index (χ3n) is 12.8. The zero-order chi connectivity index (χ0) is 49.1. The van der Waals surface area contributed by atoms with Gasteiger partial charge in [0.25, 0.3) is 6.71 Å². The van der Waals surface area contributed by atoms with Crippen LogP contribution in [0.1, 0.15) is 11.0 Å². The molecule has 11 aromatic rings. The molecule has 2 aliphatic heterocycles. The molecule has 3 nitrogen and oxygen atoms in total. The van der Waals surface area contributed by atoms with Gasteiger partial charge in [-0.2, -0.15) is 0 Å². The molecule has 0 N–H and O–H groups in total. The van der Waals surface area contributed by atoms with Gasteiger partial charge in [0.15, 0.2) is 0 Å². The molecule has 64 heavy (non-hydrogen) atoms. The molecule has 0 saturated heterocycles. The maximum Gasteiger partial charge on any atom is 0.252 e. The van der Waals surface area contributed by atoms with E-state index in [1.54, 1.807) is 4.57 Å². The van der Waals surface area contributed by atoms with Gasteiger partial charge in [0.1, 0.15) is 0 Å². The Balaban J connectivity index is 1.10. The monoisotopic (exact) mass is 821 g/mol. The van der Waals surface area contributed by atoms with Crippen LogP contribution in [0.15, 0.2) is 242 Å². The molecule has 0 bridgehead atoms. The number of hydrogen-bond acceptors (Lipinski definition) is 2. The van der Waals surface area contributed by atoms with E-state index in [0.717, 1.165) is 83.9 Å². The van der Waals surface area contributed by atoms with Gasteiger partial charge in [-0.1, -0.05) is 176 Å². The van der Waals surface area contributed by atoms with Crippen LogP contribution in [-0.4, -0.2) is 11.3 Å². The smallest absolute Gasteiger partial charge is 0.252 e. The lowest BCUT2D eigenvalue weighted by Crippen LogP contribution is -2.61. The topological polar surface area (TPSA) is 11.4 Å². The van der Waals surface area contributed by atoms with Gasteiger partial charge in [-0.15, -0.1) is 0 Å². The van der Waals surface area contributed by atoms with Crippen LogP contribution >= 0.6 is 0 Å². The van der Waals surface area contributed by atoms with Crippen LogP contribution in [0.2, 0.25) is 0 Å². The van der Waals surface area contributed by atoms with Crippen LogP contribution in [0.5, 0.6) is 0 Å². The van der Waals surface area contributed by atoms with Crippen molar-refractivity contribution in [3.63, 3.8) is 0 Å². The van der Waals surface area contributed by atoms with Crippen molar-refractivity contribution in [2.75, 3.05) is 9.80 Å². The van der Waals surface area contributed by atoms with E-state index in [1.807, 2.05) is 42.5 Å². The SMILES string of the molecule is [2H]c1c([2H])c([2H])c2c(c1[2H])c1c([2H])c([2H])c([2H])c([2H])c1n2-c1ccc2c(c1)N(c1ccc(-c3ccccc3)cc1)c1cccc3c1B2c1cc(-c2ccccc2)ccc1N3c1ccc(-c2ccccc2)cc1. The Morgan fingerprint density at radius 1 is 0.328 bits per heavy atom. The Labute approximate surface area is 384 Å². The summed E-state index contributed by atoms with van der Waals surface area (Å²) in [5.41, 5.74) is 16.1. The number of hydrogen-bond donors (Lipinski definition) is 0. The lowest BCUT2D eigenvalue weighted by Gasteiger charge is -2.44. The van der Waals surface area contributed by atoms with Gasteiger partial charge < -0.3 is 14.4 Å². The van der Waals surface area contributed by atoms with E-state index in [0.29, 0.717) is 5.69 Å². The van der Waals surface area contributed by atoms with Crippen LogP contribution in [0.3, 0.4) is 0 Å². The Bertz CT molecular complexity index is 3940. The average Bonchev–Trinajstić information content (AvgIpc) is 3.80. The van der Waals surface area contributed by atoms with Crippen molar-refractivity contribution in [1.82, 2.24) is 4.57 Å². The van der Waals surface area contributed by atoms with E-state index in [2.05, 4.69) is 161 Å². The fourth-order valence-electron chi connectivity index (χ4n) is 9.98. The predicted octanol–water partition coefficient (Wildman–Crippen LogP) is 13.9. The van der Waals surface area contributed by atoms with Gasteiger partial charge in [0.2, 0.25) is 0 Å². The summed E-state index contributed by atoms with van der Waals surface area (Å²) in [6, 6.07) is 64.1. The molecule has 0 spiro atoms. The molecule has 3 heterocycles. The summed E-state index contributed by atoms with van der Waals surface area (Å²) in [5, 5.41) is 0.0752. The normalized spacial score (nSPS) is 14.3. The Morgan fingerprint density at radius 3 is 1.33 bits per heavy atom. The Kier molecular flexibility index (Phi) is 6.65. The van der Waals surface area contributed by atoms with Crippen molar-refractivity contribution in [1.29, 1.82) is 0 Å². The molecule has 0 unspecified atom stereocenters. The third-order valence-corrected chi connectivity index (χ3v) is 12.8. The highest BCUT2D eigenvalue weighted by Crippen LogP contribution is 2.46. The van der Waals surface area contributed by atoms with Crippen molar-refractivity contribution in [2.45, 2.75) is 0 Å². The lowest BCUT2D eigenvalue weighted by molar-refractivity contribution is 1.17. The first-order valence-corrected chi connectivity index (χ1v) is 21.5. The van der Waals surface area contributed by atoms with Gasteiger partial charge in [-0.25, -0.2) is 0 Å². The van der Waals surface area contributed by atoms with E-state index in [1.165, 1.54) is 0 Å². The summed E-state index contributed by atoms with van der Waals surface area (Å²) in [4.78, 5) is 4.62. The molecule has 10 aromatic carbocycles. The van der Waals surface area contributed by atoms with Gasteiger partial charge in [0.05, 0.1) is 22.0 Å². The van der Waals surface area contributed by atoms with Gasteiger partial charge in [0, 0.05) is 50.6 Å². The first-order valence-electron chi connectivity index (χ1n) is 25.5. The zero-order valence-corrected chi connectivity index (χ0v) is 34.4. The van der Waals surface area contributed by atoms with Crippen molar-refractivity contribution >= 4 is 79.0 Å². The maximum absolute atomic E-state index is 9.31. The number of rotatable bonds is 6. The van der Waals surface area contributed by atoms with E-state index in [9.17, 15) is 2.74 Å². The van der Waals surface area contributed by atoms with E-state index >= 15 is 0 Å². The maximum atomic E-state index is 9.31. The molecule has 0 aliphatic carbocycles. The van der Waals surface area contributed by atoms with Gasteiger partial charge in [-0.3, -0.25) is 0 Å². The number of benzene rings is 10. The summed E-state index contributed by atoms with van der Waals surface area (Å²) in [7, 11) is 0. The molecular weight excluding hydrogens is 773 g/mol. The second-order valence-corrected chi connectivity index (χ2v) is 16.3. The van der Waals surface area contributed by atoms with Gasteiger partial charge in [-0.05, 0) is 116 Å². The lowest BCUT2D eigenvalue weighted by atomic mass is 9.33. The first kappa shape index (κ1) is 29.1. The predicted molar refractivity (Wildman–Crippen MR) is 271 cm³/mol. The second-order valence-electron chi connectivity index (χ2n) is 16.3. The summed E-state index contributed by atoms with van der Waals surface area (Å²) in [6.45, 7) is -0.286. The number of anilines is 6. The highest BCUT2D eigenvalue weighted by molar-refractivity contribution is 7.00. The molecular formula is C60H40BN3. The summed E-state index contributed by atoms with van der Waals surface area (Å²) in [6.07, 6.45) is 0. The fraction of sp³-hybridized carbons (Fsp3) is 0. The van der Waals surface area contributed by atoms with Crippen LogP contribution in [-0.2, 0) is 0 Å². The molecule has 0 atom stereocenters. The largest absolute Gasteiger partial charge is 0.311 e. The minimum atomic E-state index is -0.478. The summed E-state index contributed by atoms with van der Waals surface area (Å²) < 4.78 is 73.4. The highest BCUT2D eigenvalue weighted by atomic mass is 15.2. The molecule has 298 valence electrons. The summed E-state index contributed by atoms with van der Waals surface area (Å²) in [5.74, 6) is 0. The molecule has 0 radical (unpaired) electrons. The number of para-hydroxylation sites is 2. The van der Waals surface area contributed by atoms with Crippen LogP contribution in [0.25, 0.3) is 60.9 Å². The number of aromatic nitrogens is 1. The first-order chi connectivity index (χ1) is 35.1. The number of fused-ring (bicyclic) bond motifs is 7. The molecule has 13 rings (SSSR count). The van der Waals surface area contributed by atoms with Crippen molar-refractivity contribution in [2.24, 2.45) is 0 Å². The van der Waals surface area contributed by atoms with Gasteiger partial charge >= 0.3 is 0 Å². The van der Waals surface area contributed by atoms with Crippen LogP contribution in [0.4, 0.5) is 34.1 Å². The molecule has 4 heteroatoms. The van der Waals surface area contributed by atoms with E-state index in [4.69, 9.17) is 8.22 Å².